The van der Waals surface area contributed by atoms with E-state index in [2.05, 4.69) is 0 Å². The van der Waals surface area contributed by atoms with E-state index in [-0.39, 0.29) is 0 Å². The van der Waals surface area contributed by atoms with Gasteiger partial charge in [-0.3, -0.25) is 0 Å². The molecule has 6 N–H and O–H groups in total. The average Bonchev–Trinajstić information content (AvgIpc) is 2.75. The third-order valence-corrected chi connectivity index (χ3v) is 5.26. The number of hydrogen-bond donors (Lipinski definition) is 5. The molecule has 1 unspecified atom stereocenters. The van der Waals surface area contributed by atoms with Crippen molar-refractivity contribution in [2.24, 2.45) is 0 Å². The van der Waals surface area contributed by atoms with E-state index in [1.807, 2.05) is 30.3 Å². The molecule has 0 aromatic heterocycles. The van der Waals surface area contributed by atoms with Crippen molar-refractivity contribution in [1.29, 1.82) is 0 Å². The first-order valence-corrected chi connectivity index (χ1v) is 9.84. The third-order valence-electron chi connectivity index (χ3n) is 5.26. The van der Waals surface area contributed by atoms with Crippen LogP contribution >= 0.6 is 0 Å². The maximum absolute atomic E-state index is 10.4. The number of aliphatic hydroxyl groups is 4. The Morgan fingerprint density at radius 3 is 2.37 bits per heavy atom. The molecule has 2 aromatic carbocycles. The van der Waals surface area contributed by atoms with Gasteiger partial charge in [0.1, 0.15) is 42.9 Å². The Hall–Kier alpha value is -2.20. The summed E-state index contributed by atoms with van der Waals surface area (Å²) >= 11 is 0. The normalized spacial score (nSPS) is 26.5. The van der Waals surface area contributed by atoms with Crippen LogP contribution in [0.2, 0.25) is 0 Å². The van der Waals surface area contributed by atoms with Crippen LogP contribution in [0.4, 0.5) is 5.69 Å². The maximum atomic E-state index is 10.4. The molecule has 8 heteroatoms. The Morgan fingerprint density at radius 2 is 1.70 bits per heavy atom. The third kappa shape index (κ3) is 5.10. The Bertz CT molecular complexity index is 812. The number of ether oxygens (including phenoxy) is 3. The SMILES string of the molecule is COCCOc1ccc(Cc2cc([C@@H]3O[C@H](CO)[C@@H](O)C(O)[C@H]3O)ccc2N)cc1. The van der Waals surface area contributed by atoms with E-state index in [0.29, 0.717) is 30.9 Å². The van der Waals surface area contributed by atoms with E-state index in [1.165, 1.54) is 0 Å². The smallest absolute Gasteiger partial charge is 0.119 e. The maximum Gasteiger partial charge on any atom is 0.119 e. The van der Waals surface area contributed by atoms with E-state index in [4.69, 9.17) is 19.9 Å². The molecule has 1 aliphatic rings. The summed E-state index contributed by atoms with van der Waals surface area (Å²) in [4.78, 5) is 0. The quantitative estimate of drug-likeness (QED) is 0.307. The second-order valence-corrected chi connectivity index (χ2v) is 7.37. The van der Waals surface area contributed by atoms with Gasteiger partial charge < -0.3 is 40.4 Å². The number of benzene rings is 2. The van der Waals surface area contributed by atoms with E-state index in [0.717, 1.165) is 16.9 Å². The number of rotatable bonds is 8. The molecule has 0 bridgehead atoms. The molecule has 164 valence electrons. The molecule has 1 fully saturated rings. The second-order valence-electron chi connectivity index (χ2n) is 7.37. The summed E-state index contributed by atoms with van der Waals surface area (Å²) in [5.41, 5.74) is 9.19. The van der Waals surface area contributed by atoms with Gasteiger partial charge in [0.05, 0.1) is 13.2 Å². The van der Waals surface area contributed by atoms with Crippen molar-refractivity contribution < 1.29 is 34.6 Å². The van der Waals surface area contributed by atoms with Crippen molar-refractivity contribution in [3.8, 4) is 5.75 Å². The van der Waals surface area contributed by atoms with Gasteiger partial charge in [-0.2, -0.15) is 0 Å². The van der Waals surface area contributed by atoms with Gasteiger partial charge in [-0.15, -0.1) is 0 Å². The van der Waals surface area contributed by atoms with Crippen LogP contribution in [0.3, 0.4) is 0 Å². The lowest BCUT2D eigenvalue weighted by Crippen LogP contribution is -2.55. The average molecular weight is 419 g/mol. The first kappa shape index (κ1) is 22.5. The van der Waals surface area contributed by atoms with Crippen molar-refractivity contribution >= 4 is 5.69 Å². The predicted molar refractivity (Wildman–Crippen MR) is 110 cm³/mol. The van der Waals surface area contributed by atoms with Gasteiger partial charge in [-0.25, -0.2) is 0 Å². The first-order valence-electron chi connectivity index (χ1n) is 9.84. The van der Waals surface area contributed by atoms with Gasteiger partial charge in [0.15, 0.2) is 0 Å². The zero-order valence-corrected chi connectivity index (χ0v) is 16.8. The van der Waals surface area contributed by atoms with E-state index >= 15 is 0 Å². The highest BCUT2D eigenvalue weighted by Gasteiger charge is 2.43. The topological polar surface area (TPSA) is 135 Å². The number of nitrogens with two attached hydrogens (primary N) is 1. The molecule has 3 rings (SSSR count). The minimum absolute atomic E-state index is 0.470. The lowest BCUT2D eigenvalue weighted by atomic mass is 9.89. The van der Waals surface area contributed by atoms with E-state index in [1.54, 1.807) is 19.2 Å². The zero-order valence-electron chi connectivity index (χ0n) is 16.8. The van der Waals surface area contributed by atoms with E-state index in [9.17, 15) is 20.4 Å². The van der Waals surface area contributed by atoms with Crippen LogP contribution in [0.15, 0.2) is 42.5 Å². The van der Waals surface area contributed by atoms with Crippen molar-refractivity contribution in [2.75, 3.05) is 32.7 Å². The summed E-state index contributed by atoms with van der Waals surface area (Å²) in [6, 6.07) is 12.9. The molecule has 0 radical (unpaired) electrons. The molecule has 30 heavy (non-hydrogen) atoms. The van der Waals surface area contributed by atoms with E-state index < -0.39 is 37.1 Å². The standard InChI is InChI=1S/C22H29NO7/c1-28-8-9-29-16-5-2-13(3-6-16)10-15-11-14(4-7-17(15)23)22-21(27)20(26)19(25)18(12-24)30-22/h2-7,11,18-22,24-27H,8-10,12,23H2,1H3/t18-,19-,20?,21-,22+/m1/s1. The van der Waals surface area contributed by atoms with Crippen molar-refractivity contribution in [3.63, 3.8) is 0 Å². The van der Waals surface area contributed by atoms with Crippen LogP contribution in [0.1, 0.15) is 22.8 Å². The highest BCUT2D eigenvalue weighted by Crippen LogP contribution is 2.34. The highest BCUT2D eigenvalue weighted by molar-refractivity contribution is 5.51. The number of anilines is 1. The Kier molecular flexibility index (Phi) is 7.65. The van der Waals surface area contributed by atoms with Gasteiger partial charge in [0, 0.05) is 12.8 Å². The van der Waals surface area contributed by atoms with Gasteiger partial charge in [-0.05, 0) is 41.3 Å². The van der Waals surface area contributed by atoms with Crippen molar-refractivity contribution in [2.45, 2.75) is 36.9 Å². The molecule has 1 saturated heterocycles. The minimum Gasteiger partial charge on any atom is -0.491 e. The fraction of sp³-hybridized carbons (Fsp3) is 0.455. The summed E-state index contributed by atoms with van der Waals surface area (Å²) in [7, 11) is 1.62. The van der Waals surface area contributed by atoms with Crippen LogP contribution in [0, 0.1) is 0 Å². The van der Waals surface area contributed by atoms with Crippen LogP contribution < -0.4 is 10.5 Å². The molecule has 0 spiro atoms. The van der Waals surface area contributed by atoms with Crippen molar-refractivity contribution in [3.05, 3.63) is 59.2 Å². The summed E-state index contributed by atoms with van der Waals surface area (Å²) in [6.45, 7) is 0.523. The Morgan fingerprint density at radius 1 is 0.967 bits per heavy atom. The largest absolute Gasteiger partial charge is 0.491 e. The van der Waals surface area contributed by atoms with Gasteiger partial charge in [-0.1, -0.05) is 24.3 Å². The number of methoxy groups -OCH3 is 1. The molecule has 1 aliphatic heterocycles. The first-order chi connectivity index (χ1) is 14.4. The number of aliphatic hydroxyl groups excluding tert-OH is 4. The molecule has 5 atom stereocenters. The van der Waals surface area contributed by atoms with Crippen LogP contribution in [0.5, 0.6) is 5.75 Å². The minimum atomic E-state index is -1.42. The van der Waals surface area contributed by atoms with Gasteiger partial charge >= 0.3 is 0 Å². The fourth-order valence-corrected chi connectivity index (χ4v) is 3.50. The summed E-state index contributed by atoms with van der Waals surface area (Å²) in [5, 5.41) is 39.8. The highest BCUT2D eigenvalue weighted by atomic mass is 16.5. The molecule has 2 aromatic rings. The lowest BCUT2D eigenvalue weighted by Gasteiger charge is -2.40. The summed E-state index contributed by atoms with van der Waals surface area (Å²) in [5.74, 6) is 0.749. The molecule has 0 aliphatic carbocycles. The van der Waals surface area contributed by atoms with Gasteiger partial charge in [0.2, 0.25) is 0 Å². The van der Waals surface area contributed by atoms with Crippen LogP contribution in [-0.4, -0.2) is 71.8 Å². The molecular weight excluding hydrogens is 390 g/mol. The lowest BCUT2D eigenvalue weighted by molar-refractivity contribution is -0.231. The Labute approximate surface area is 175 Å². The molecular formula is C22H29NO7. The van der Waals surface area contributed by atoms with Crippen LogP contribution in [-0.2, 0) is 15.9 Å². The fourth-order valence-electron chi connectivity index (χ4n) is 3.50. The Balaban J connectivity index is 1.75. The molecule has 8 nitrogen and oxygen atoms in total. The monoisotopic (exact) mass is 419 g/mol. The number of nitrogen functional groups attached to an aromatic ring is 1. The van der Waals surface area contributed by atoms with Crippen LogP contribution in [0.25, 0.3) is 0 Å². The zero-order chi connectivity index (χ0) is 21.7. The molecule has 0 saturated carbocycles. The second kappa shape index (κ2) is 10.2. The molecule has 0 amide bonds. The van der Waals surface area contributed by atoms with Crippen molar-refractivity contribution in [1.82, 2.24) is 0 Å². The molecule has 1 heterocycles. The summed E-state index contributed by atoms with van der Waals surface area (Å²) < 4.78 is 16.2. The number of hydrogen-bond acceptors (Lipinski definition) is 8. The predicted octanol–water partition coefficient (Wildman–Crippen LogP) is 0.400. The van der Waals surface area contributed by atoms with Gasteiger partial charge in [0.25, 0.3) is 0 Å². The summed E-state index contributed by atoms with van der Waals surface area (Å²) in [6.07, 6.45) is -5.44.